The lowest BCUT2D eigenvalue weighted by Gasteiger charge is -2.37. The highest BCUT2D eigenvalue weighted by atomic mass is 19.3. The molecule has 3 aromatic carbocycles. The maximum atomic E-state index is 15.0. The molecule has 6 nitrogen and oxygen atoms in total. The molecule has 0 saturated heterocycles. The maximum absolute atomic E-state index is 15.0. The number of aryl methyl sites for hydroxylation is 1. The molecule has 3 N–H and O–H groups in total. The number of urea groups is 1. The molecular weight excluding hydrogens is 616 g/mol. The number of unbranched alkanes of at least 4 members (excludes halogenated alkanes) is 2. The molecule has 0 aliphatic heterocycles. The second-order valence-electron chi connectivity index (χ2n) is 10.2. The van der Waals surface area contributed by atoms with E-state index in [1.807, 2.05) is 0 Å². The van der Waals surface area contributed by atoms with Crippen LogP contribution in [0.5, 0.6) is 5.75 Å². The van der Waals surface area contributed by atoms with Gasteiger partial charge in [0.05, 0.1) is 5.54 Å². The number of alkyl halides is 7. The van der Waals surface area contributed by atoms with Gasteiger partial charge in [0.2, 0.25) is 6.30 Å². The van der Waals surface area contributed by atoms with E-state index in [0.717, 1.165) is 12.1 Å². The van der Waals surface area contributed by atoms with Crippen molar-refractivity contribution in [1.29, 1.82) is 0 Å². The van der Waals surface area contributed by atoms with E-state index in [1.54, 1.807) is 48.5 Å². The van der Waals surface area contributed by atoms with E-state index in [0.29, 0.717) is 42.9 Å². The Kier molecular flexibility index (Phi) is 12.2. The Labute approximate surface area is 253 Å². The molecule has 0 fully saturated rings. The number of carboxylic acid groups (broad SMARTS) is 1. The average molecular weight is 647 g/mol. The number of amides is 2. The van der Waals surface area contributed by atoms with Crippen molar-refractivity contribution < 1.29 is 54.6 Å². The van der Waals surface area contributed by atoms with Gasteiger partial charge in [-0.15, -0.1) is 0 Å². The van der Waals surface area contributed by atoms with Crippen LogP contribution in [-0.4, -0.2) is 42.4 Å². The quantitative estimate of drug-likeness (QED) is 0.0850. The van der Waals surface area contributed by atoms with Crippen molar-refractivity contribution in [3.63, 3.8) is 0 Å². The Balaban J connectivity index is 2.18. The van der Waals surface area contributed by atoms with Crippen LogP contribution in [0.1, 0.15) is 47.9 Å². The fraction of sp³-hybridized carbons (Fsp3) is 0.355. The molecule has 45 heavy (non-hydrogen) atoms. The summed E-state index contributed by atoms with van der Waals surface area (Å²) in [5, 5.41) is 12.7. The molecule has 0 spiro atoms. The second-order valence-corrected chi connectivity index (χ2v) is 10.2. The molecule has 0 aliphatic carbocycles. The topological polar surface area (TPSA) is 87.7 Å². The summed E-state index contributed by atoms with van der Waals surface area (Å²) in [7, 11) is 0. The van der Waals surface area contributed by atoms with E-state index >= 15 is 0 Å². The van der Waals surface area contributed by atoms with Crippen molar-refractivity contribution in [3.8, 4) is 5.75 Å². The molecule has 3 rings (SSSR count). The number of ether oxygens (including phenoxy) is 1. The largest absolute Gasteiger partial charge is 0.481 e. The van der Waals surface area contributed by atoms with Crippen LogP contribution < -0.4 is 15.4 Å². The summed E-state index contributed by atoms with van der Waals surface area (Å²) in [6.45, 7) is 0. The molecule has 244 valence electrons. The summed E-state index contributed by atoms with van der Waals surface area (Å²) in [5.41, 5.74) is -1.02. The molecule has 2 amide bonds. The van der Waals surface area contributed by atoms with Crippen LogP contribution in [0, 0.1) is 5.82 Å². The zero-order valence-corrected chi connectivity index (χ0v) is 23.6. The Morgan fingerprint density at radius 1 is 0.822 bits per heavy atom. The van der Waals surface area contributed by atoms with Crippen molar-refractivity contribution in [3.05, 3.63) is 101 Å². The Morgan fingerprint density at radius 3 is 2.16 bits per heavy atom. The van der Waals surface area contributed by atoms with Gasteiger partial charge in [0.25, 0.3) is 6.43 Å². The van der Waals surface area contributed by atoms with E-state index in [4.69, 9.17) is 5.11 Å². The summed E-state index contributed by atoms with van der Waals surface area (Å²) >= 11 is 0. The third-order valence-corrected chi connectivity index (χ3v) is 6.78. The van der Waals surface area contributed by atoms with Gasteiger partial charge in [-0.05, 0) is 53.6 Å². The number of carbonyl (C=O) groups excluding carboxylic acids is 1. The van der Waals surface area contributed by atoms with E-state index in [-0.39, 0.29) is 24.0 Å². The first kappa shape index (κ1) is 35.1. The van der Waals surface area contributed by atoms with Crippen LogP contribution in [-0.2, 0) is 23.2 Å². The summed E-state index contributed by atoms with van der Waals surface area (Å²) in [4.78, 5) is 23.8. The molecule has 0 saturated carbocycles. The monoisotopic (exact) mass is 646 g/mol. The molecule has 0 aliphatic rings. The van der Waals surface area contributed by atoms with Gasteiger partial charge in [0.1, 0.15) is 11.6 Å². The van der Waals surface area contributed by atoms with Gasteiger partial charge in [-0.25, -0.2) is 22.4 Å². The van der Waals surface area contributed by atoms with Crippen LogP contribution in [0.2, 0.25) is 0 Å². The second kappa shape index (κ2) is 15.6. The highest BCUT2D eigenvalue weighted by Crippen LogP contribution is 2.38. The van der Waals surface area contributed by atoms with Crippen molar-refractivity contribution in [2.45, 2.75) is 69.3 Å². The minimum absolute atomic E-state index is 0.0258. The van der Waals surface area contributed by atoms with Gasteiger partial charge in [-0.3, -0.25) is 4.79 Å². The molecule has 2 atom stereocenters. The van der Waals surface area contributed by atoms with Crippen LogP contribution >= 0.6 is 0 Å². The standard InChI is InChI=1S/C31H30F8N2O4/c32-23-15-22(16-24(17-23)45-31(38,39)28(36)37)30(18-20-9-4-1-5-10-20,41-29(44)40-27(35)26(33)34)21-12-7-11-19(14-21)8-3-2-6-13-25(42)43/h1,4-5,7,9-12,14-17,26-28H,2-3,6,8,13,18H2,(H,42,43)(H2,40,41,44). The van der Waals surface area contributed by atoms with E-state index < -0.39 is 54.4 Å². The van der Waals surface area contributed by atoms with Crippen molar-refractivity contribution in [2.24, 2.45) is 0 Å². The van der Waals surface area contributed by atoms with Crippen LogP contribution in [0.25, 0.3) is 0 Å². The Bertz CT molecular complexity index is 1430. The first-order valence-corrected chi connectivity index (χ1v) is 13.7. The third kappa shape index (κ3) is 10.1. The molecule has 0 heterocycles. The van der Waals surface area contributed by atoms with E-state index in [1.165, 1.54) is 11.4 Å². The molecule has 0 aromatic heterocycles. The van der Waals surface area contributed by atoms with Crippen LogP contribution in [0.15, 0.2) is 72.8 Å². The number of nitrogens with one attached hydrogen (secondary N) is 2. The smallest absolute Gasteiger partial charge is 0.461 e. The minimum Gasteiger partial charge on any atom is -0.481 e. The fourth-order valence-corrected chi connectivity index (χ4v) is 4.72. The number of carbonyl (C=O) groups is 2. The number of hydrogen-bond acceptors (Lipinski definition) is 3. The zero-order chi connectivity index (χ0) is 33.2. The summed E-state index contributed by atoms with van der Waals surface area (Å²) in [6.07, 6.45) is -14.4. The SMILES string of the molecule is O=C(O)CCCCCc1cccc(C(Cc2ccccc2)(NC(=O)NC(F)C(F)F)c2cc(F)cc(OC(F)(F)C(F)F)c2)c1. The number of rotatable bonds is 16. The molecule has 0 radical (unpaired) electrons. The molecule has 2 unspecified atom stereocenters. The summed E-state index contributed by atoms with van der Waals surface area (Å²) < 4.78 is 112. The molecule has 14 heteroatoms. The van der Waals surface area contributed by atoms with Gasteiger partial charge >= 0.3 is 24.5 Å². The maximum Gasteiger partial charge on any atom is 0.461 e. The van der Waals surface area contributed by atoms with Gasteiger partial charge in [0, 0.05) is 18.9 Å². The number of hydrogen-bond donors (Lipinski definition) is 3. The van der Waals surface area contributed by atoms with Gasteiger partial charge in [-0.1, -0.05) is 61.0 Å². The molecular formula is C31H30F8N2O4. The summed E-state index contributed by atoms with van der Waals surface area (Å²) in [5.74, 6) is -3.20. The fourth-order valence-electron chi connectivity index (χ4n) is 4.72. The van der Waals surface area contributed by atoms with Gasteiger partial charge in [0.15, 0.2) is 0 Å². The Morgan fingerprint density at radius 2 is 1.51 bits per heavy atom. The van der Waals surface area contributed by atoms with E-state index in [2.05, 4.69) is 10.1 Å². The third-order valence-electron chi connectivity index (χ3n) is 6.78. The zero-order valence-electron chi connectivity index (χ0n) is 23.6. The number of benzene rings is 3. The van der Waals surface area contributed by atoms with Crippen LogP contribution in [0.3, 0.4) is 0 Å². The van der Waals surface area contributed by atoms with Crippen molar-refractivity contribution in [2.75, 3.05) is 0 Å². The predicted octanol–water partition coefficient (Wildman–Crippen LogP) is 7.60. The van der Waals surface area contributed by atoms with Crippen LogP contribution in [0.4, 0.5) is 39.9 Å². The number of aliphatic carboxylic acids is 1. The van der Waals surface area contributed by atoms with Crippen molar-refractivity contribution in [1.82, 2.24) is 10.6 Å². The minimum atomic E-state index is -5.02. The normalized spacial score (nSPS) is 13.7. The highest BCUT2D eigenvalue weighted by Gasteiger charge is 2.45. The predicted molar refractivity (Wildman–Crippen MR) is 148 cm³/mol. The first-order chi connectivity index (χ1) is 21.2. The summed E-state index contributed by atoms with van der Waals surface area (Å²) in [6, 6.07) is 14.9. The van der Waals surface area contributed by atoms with Gasteiger partial charge < -0.3 is 20.5 Å². The lowest BCUT2D eigenvalue weighted by molar-refractivity contribution is -0.253. The number of halogens is 8. The Hall–Kier alpha value is -4.36. The van der Waals surface area contributed by atoms with Crippen molar-refractivity contribution >= 4 is 12.0 Å². The number of carboxylic acids is 1. The lowest BCUT2D eigenvalue weighted by atomic mass is 9.77. The average Bonchev–Trinajstić information content (AvgIpc) is 2.96. The first-order valence-electron chi connectivity index (χ1n) is 13.7. The van der Waals surface area contributed by atoms with E-state index in [9.17, 15) is 44.7 Å². The highest BCUT2D eigenvalue weighted by molar-refractivity contribution is 5.76. The molecule has 3 aromatic rings. The molecule has 0 bridgehead atoms. The lowest BCUT2D eigenvalue weighted by Crippen LogP contribution is -2.54. The van der Waals surface area contributed by atoms with Gasteiger partial charge in [-0.2, -0.15) is 17.6 Å².